The van der Waals surface area contributed by atoms with Gasteiger partial charge in [0.15, 0.2) is 0 Å². The van der Waals surface area contributed by atoms with E-state index in [0.717, 1.165) is 6.04 Å². The molecule has 2 heteroatoms. The second-order valence-electron chi connectivity index (χ2n) is 4.66. The van der Waals surface area contributed by atoms with Gasteiger partial charge in [-0.15, -0.1) is 6.58 Å². The minimum Gasteiger partial charge on any atom is -0.299 e. The summed E-state index contributed by atoms with van der Waals surface area (Å²) in [6.45, 7) is 11.3. The van der Waals surface area contributed by atoms with Crippen molar-refractivity contribution in [2.45, 2.75) is 38.3 Å². The van der Waals surface area contributed by atoms with Crippen molar-refractivity contribution in [1.29, 1.82) is 0 Å². The number of fused-ring (bicyclic) bond motifs is 1. The van der Waals surface area contributed by atoms with Gasteiger partial charge in [-0.3, -0.25) is 9.80 Å². The zero-order chi connectivity index (χ0) is 9.97. The Hall–Kier alpha value is -0.340. The molecule has 0 spiro atoms. The van der Waals surface area contributed by atoms with Crippen molar-refractivity contribution < 1.29 is 0 Å². The maximum absolute atomic E-state index is 3.90. The Morgan fingerprint density at radius 2 is 2.07 bits per heavy atom. The van der Waals surface area contributed by atoms with E-state index in [0.29, 0.717) is 6.04 Å². The molecule has 0 saturated carbocycles. The summed E-state index contributed by atoms with van der Waals surface area (Å²) in [5.41, 5.74) is 0. The lowest BCUT2D eigenvalue weighted by molar-refractivity contribution is 0.202. The van der Waals surface area contributed by atoms with E-state index < -0.39 is 0 Å². The van der Waals surface area contributed by atoms with Crippen molar-refractivity contribution >= 4 is 0 Å². The summed E-state index contributed by atoms with van der Waals surface area (Å²) in [6.07, 6.45) is 6.21. The molecule has 2 unspecified atom stereocenters. The normalized spacial score (nSPS) is 32.2. The van der Waals surface area contributed by atoms with Gasteiger partial charge in [-0.2, -0.15) is 0 Å². The number of hydrogen-bond acceptors (Lipinski definition) is 2. The van der Waals surface area contributed by atoms with E-state index in [1.165, 1.54) is 45.4 Å². The molecule has 80 valence electrons. The molecule has 0 bridgehead atoms. The molecule has 2 atom stereocenters. The van der Waals surface area contributed by atoms with Crippen LogP contribution >= 0.6 is 0 Å². The van der Waals surface area contributed by atoms with Gasteiger partial charge in [0.2, 0.25) is 0 Å². The Morgan fingerprint density at radius 1 is 1.29 bits per heavy atom. The van der Waals surface area contributed by atoms with Gasteiger partial charge in [0.1, 0.15) is 0 Å². The van der Waals surface area contributed by atoms with Gasteiger partial charge >= 0.3 is 0 Å². The summed E-state index contributed by atoms with van der Waals surface area (Å²) in [5, 5.41) is 0. The molecule has 0 N–H and O–H groups in total. The van der Waals surface area contributed by atoms with Crippen LogP contribution in [0.1, 0.15) is 26.2 Å². The lowest BCUT2D eigenvalue weighted by Gasteiger charge is -2.28. The SMILES string of the molecule is C=CC(C)N1CCCN2CCCC2C1. The van der Waals surface area contributed by atoms with Crippen LogP contribution in [0.5, 0.6) is 0 Å². The molecule has 0 aromatic heterocycles. The molecule has 2 aliphatic rings. The molecule has 2 fully saturated rings. The second-order valence-corrected chi connectivity index (χ2v) is 4.66. The van der Waals surface area contributed by atoms with Crippen molar-refractivity contribution in [3.8, 4) is 0 Å². The van der Waals surface area contributed by atoms with E-state index in [4.69, 9.17) is 0 Å². The summed E-state index contributed by atoms with van der Waals surface area (Å²) >= 11 is 0. The first-order valence-electron chi connectivity index (χ1n) is 5.92. The van der Waals surface area contributed by atoms with Crippen molar-refractivity contribution in [2.75, 3.05) is 26.2 Å². The molecular weight excluding hydrogens is 172 g/mol. The Balaban J connectivity index is 1.97. The van der Waals surface area contributed by atoms with Crippen molar-refractivity contribution in [2.24, 2.45) is 0 Å². The molecule has 14 heavy (non-hydrogen) atoms. The minimum atomic E-state index is 0.551. The summed E-state index contributed by atoms with van der Waals surface area (Å²) in [6, 6.07) is 1.38. The van der Waals surface area contributed by atoms with Gasteiger partial charge in [0.25, 0.3) is 0 Å². The van der Waals surface area contributed by atoms with Crippen LogP contribution in [0.2, 0.25) is 0 Å². The molecule has 0 aromatic carbocycles. The highest BCUT2D eigenvalue weighted by molar-refractivity contribution is 4.91. The third-order valence-electron chi connectivity index (χ3n) is 3.75. The van der Waals surface area contributed by atoms with Gasteiger partial charge in [0, 0.05) is 18.6 Å². The van der Waals surface area contributed by atoms with Gasteiger partial charge in [0.05, 0.1) is 0 Å². The lowest BCUT2D eigenvalue weighted by Crippen LogP contribution is -2.40. The van der Waals surface area contributed by atoms with Crippen LogP contribution in [0.25, 0.3) is 0 Å². The summed E-state index contributed by atoms with van der Waals surface area (Å²) in [5.74, 6) is 0. The van der Waals surface area contributed by atoms with Crippen molar-refractivity contribution in [1.82, 2.24) is 9.80 Å². The highest BCUT2D eigenvalue weighted by Crippen LogP contribution is 2.22. The Kier molecular flexibility index (Phi) is 3.24. The first kappa shape index (κ1) is 10.2. The fourth-order valence-corrected chi connectivity index (χ4v) is 2.75. The third-order valence-corrected chi connectivity index (χ3v) is 3.75. The van der Waals surface area contributed by atoms with E-state index in [9.17, 15) is 0 Å². The molecular formula is C12H22N2. The lowest BCUT2D eigenvalue weighted by atomic mass is 10.2. The number of nitrogens with zero attached hydrogens (tertiary/aromatic N) is 2. The highest BCUT2D eigenvalue weighted by Gasteiger charge is 2.29. The molecule has 0 aliphatic carbocycles. The standard InChI is InChI=1S/C12H22N2/c1-3-11(2)14-9-5-8-13-7-4-6-12(13)10-14/h3,11-12H,1,4-10H2,2H3. The quantitative estimate of drug-likeness (QED) is 0.618. The van der Waals surface area contributed by atoms with Crippen LogP contribution in [-0.4, -0.2) is 48.1 Å². The smallest absolute Gasteiger partial charge is 0.0247 e. The predicted octanol–water partition coefficient (Wildman–Crippen LogP) is 1.73. The number of rotatable bonds is 2. The zero-order valence-corrected chi connectivity index (χ0v) is 9.28. The van der Waals surface area contributed by atoms with Gasteiger partial charge in [-0.1, -0.05) is 6.08 Å². The monoisotopic (exact) mass is 194 g/mol. The average molecular weight is 194 g/mol. The first-order chi connectivity index (χ1) is 6.81. The Bertz CT molecular complexity index is 202. The third kappa shape index (κ3) is 2.01. The van der Waals surface area contributed by atoms with E-state index >= 15 is 0 Å². The van der Waals surface area contributed by atoms with E-state index in [2.05, 4.69) is 29.4 Å². The van der Waals surface area contributed by atoms with Crippen molar-refractivity contribution in [3.05, 3.63) is 12.7 Å². The Labute approximate surface area is 87.6 Å². The molecule has 2 saturated heterocycles. The van der Waals surface area contributed by atoms with Gasteiger partial charge < -0.3 is 0 Å². The largest absolute Gasteiger partial charge is 0.299 e. The Morgan fingerprint density at radius 3 is 2.86 bits per heavy atom. The van der Waals surface area contributed by atoms with Crippen LogP contribution in [0.3, 0.4) is 0 Å². The van der Waals surface area contributed by atoms with Crippen LogP contribution < -0.4 is 0 Å². The average Bonchev–Trinajstić information content (AvgIpc) is 2.54. The maximum atomic E-state index is 3.90. The fraction of sp³-hybridized carbons (Fsp3) is 0.833. The van der Waals surface area contributed by atoms with Gasteiger partial charge in [-0.25, -0.2) is 0 Å². The van der Waals surface area contributed by atoms with Crippen molar-refractivity contribution in [3.63, 3.8) is 0 Å². The maximum Gasteiger partial charge on any atom is 0.0247 e. The zero-order valence-electron chi connectivity index (χ0n) is 9.28. The second kappa shape index (κ2) is 4.45. The first-order valence-corrected chi connectivity index (χ1v) is 5.92. The summed E-state index contributed by atoms with van der Waals surface area (Å²) in [4.78, 5) is 5.26. The van der Waals surface area contributed by atoms with Crippen LogP contribution in [0, 0.1) is 0 Å². The van der Waals surface area contributed by atoms with Crippen LogP contribution in [-0.2, 0) is 0 Å². The minimum absolute atomic E-state index is 0.551. The highest BCUT2D eigenvalue weighted by atomic mass is 15.3. The van der Waals surface area contributed by atoms with E-state index in [1.54, 1.807) is 0 Å². The molecule has 2 rings (SSSR count). The summed E-state index contributed by atoms with van der Waals surface area (Å²) < 4.78 is 0. The fourth-order valence-electron chi connectivity index (χ4n) is 2.75. The molecule has 0 amide bonds. The molecule has 0 aromatic rings. The topological polar surface area (TPSA) is 6.48 Å². The molecule has 2 nitrogen and oxygen atoms in total. The summed E-state index contributed by atoms with van der Waals surface area (Å²) in [7, 11) is 0. The molecule has 2 aliphatic heterocycles. The van der Waals surface area contributed by atoms with E-state index in [-0.39, 0.29) is 0 Å². The molecule has 2 heterocycles. The van der Waals surface area contributed by atoms with Crippen LogP contribution in [0.4, 0.5) is 0 Å². The van der Waals surface area contributed by atoms with E-state index in [1.807, 2.05) is 0 Å². The number of hydrogen-bond donors (Lipinski definition) is 0. The van der Waals surface area contributed by atoms with Crippen LogP contribution in [0.15, 0.2) is 12.7 Å². The van der Waals surface area contributed by atoms with Gasteiger partial charge in [-0.05, 0) is 45.8 Å². The predicted molar refractivity (Wildman–Crippen MR) is 60.4 cm³/mol. The molecule has 0 radical (unpaired) electrons.